The van der Waals surface area contributed by atoms with Gasteiger partial charge < -0.3 is 4.74 Å². The van der Waals surface area contributed by atoms with E-state index in [-0.39, 0.29) is 11.3 Å². The van der Waals surface area contributed by atoms with E-state index in [1.165, 1.54) is 18.4 Å². The van der Waals surface area contributed by atoms with E-state index in [9.17, 15) is 8.78 Å². The summed E-state index contributed by atoms with van der Waals surface area (Å²) in [6, 6.07) is 5.99. The molecule has 1 aromatic rings. The van der Waals surface area contributed by atoms with Crippen LogP contribution in [0.3, 0.4) is 0 Å². The first-order valence-electron chi connectivity index (χ1n) is 8.08. The van der Waals surface area contributed by atoms with Crippen LogP contribution in [0.15, 0.2) is 18.2 Å². The minimum absolute atomic E-state index is 0.171. The monoisotopic (exact) mass is 296 g/mol. The van der Waals surface area contributed by atoms with E-state index in [0.29, 0.717) is 5.75 Å². The molecule has 0 aromatic heterocycles. The van der Waals surface area contributed by atoms with E-state index in [1.807, 2.05) is 26.0 Å². The molecule has 1 aliphatic carbocycles. The Labute approximate surface area is 126 Å². The maximum Gasteiger partial charge on any atom is 0.387 e. The Balaban J connectivity index is 2.40. The molecular formula is C18H26F2O. The van der Waals surface area contributed by atoms with Crippen molar-refractivity contribution in [3.8, 4) is 5.75 Å². The molecule has 1 saturated carbocycles. The fourth-order valence-electron chi connectivity index (χ4n) is 3.75. The minimum atomic E-state index is -2.76. The topological polar surface area (TPSA) is 9.23 Å². The van der Waals surface area contributed by atoms with Gasteiger partial charge in [0.15, 0.2) is 0 Å². The van der Waals surface area contributed by atoms with Crippen LogP contribution < -0.4 is 4.74 Å². The van der Waals surface area contributed by atoms with E-state index in [1.54, 1.807) is 0 Å². The number of ether oxygens (including phenoxy) is 1. The van der Waals surface area contributed by atoms with Crippen molar-refractivity contribution >= 4 is 0 Å². The van der Waals surface area contributed by atoms with Crippen LogP contribution in [-0.2, 0) is 5.41 Å². The number of hydrogen-bond acceptors (Lipinski definition) is 1. The van der Waals surface area contributed by atoms with Crippen LogP contribution in [-0.4, -0.2) is 6.61 Å². The third-order valence-electron chi connectivity index (χ3n) is 4.75. The molecule has 0 saturated heterocycles. The summed E-state index contributed by atoms with van der Waals surface area (Å²) in [7, 11) is 0. The van der Waals surface area contributed by atoms with Gasteiger partial charge in [-0.1, -0.05) is 52.2 Å². The normalized spacial score (nSPS) is 17.7. The highest BCUT2D eigenvalue weighted by Crippen LogP contribution is 2.46. The first-order valence-corrected chi connectivity index (χ1v) is 8.08. The van der Waals surface area contributed by atoms with Gasteiger partial charge in [0, 0.05) is 0 Å². The third-order valence-corrected chi connectivity index (χ3v) is 4.75. The fraction of sp³-hybridized carbons (Fsp3) is 0.667. The first kappa shape index (κ1) is 16.3. The van der Waals surface area contributed by atoms with Crippen molar-refractivity contribution in [3.05, 3.63) is 29.3 Å². The van der Waals surface area contributed by atoms with Gasteiger partial charge in [0.1, 0.15) is 5.75 Å². The Morgan fingerprint density at radius 1 is 1.19 bits per heavy atom. The number of rotatable bonds is 6. The third kappa shape index (κ3) is 3.56. The van der Waals surface area contributed by atoms with Crippen molar-refractivity contribution in [2.24, 2.45) is 0 Å². The molecule has 0 spiro atoms. The molecule has 0 radical (unpaired) electrons. The lowest BCUT2D eigenvalue weighted by atomic mass is 9.75. The average molecular weight is 296 g/mol. The van der Waals surface area contributed by atoms with Gasteiger partial charge in [0.05, 0.1) is 0 Å². The molecule has 1 aromatic carbocycles. The zero-order valence-corrected chi connectivity index (χ0v) is 13.3. The second kappa shape index (κ2) is 6.76. The first-order chi connectivity index (χ1) is 9.98. The Morgan fingerprint density at radius 2 is 1.86 bits per heavy atom. The minimum Gasteiger partial charge on any atom is -0.435 e. The van der Waals surface area contributed by atoms with Crippen LogP contribution in [0, 0.1) is 0 Å². The van der Waals surface area contributed by atoms with Gasteiger partial charge >= 0.3 is 6.61 Å². The van der Waals surface area contributed by atoms with Gasteiger partial charge in [-0.25, -0.2) is 0 Å². The molecule has 0 heterocycles. The van der Waals surface area contributed by atoms with Gasteiger partial charge in [-0.05, 0) is 47.8 Å². The van der Waals surface area contributed by atoms with Crippen LogP contribution >= 0.6 is 0 Å². The lowest BCUT2D eigenvalue weighted by molar-refractivity contribution is -0.0506. The van der Waals surface area contributed by atoms with E-state index in [0.717, 1.165) is 31.2 Å². The lowest BCUT2D eigenvalue weighted by Gasteiger charge is -2.30. The molecule has 0 amide bonds. The maximum absolute atomic E-state index is 12.7. The second-order valence-electron chi connectivity index (χ2n) is 6.52. The van der Waals surface area contributed by atoms with Crippen molar-refractivity contribution in [2.75, 3.05) is 0 Å². The Bertz CT molecular complexity index is 462. The molecule has 1 aliphatic rings. The maximum atomic E-state index is 12.7. The number of benzene rings is 1. The Morgan fingerprint density at radius 3 is 2.38 bits per heavy atom. The largest absolute Gasteiger partial charge is 0.435 e. The van der Waals surface area contributed by atoms with Crippen LogP contribution in [0.2, 0.25) is 0 Å². The zero-order chi connectivity index (χ0) is 15.5. The second-order valence-corrected chi connectivity index (χ2v) is 6.52. The quantitative estimate of drug-likeness (QED) is 0.623. The summed E-state index contributed by atoms with van der Waals surface area (Å²) < 4.78 is 30.2. The van der Waals surface area contributed by atoms with E-state index >= 15 is 0 Å². The standard InChI is InChI=1S/C18H26F2O/c1-4-9-18(10-5-6-11-18)14-7-8-15(13(2)3)16(12-14)21-17(19)20/h7-8,12-13,17H,4-6,9-11H2,1-3H3. The molecule has 3 heteroatoms. The summed E-state index contributed by atoms with van der Waals surface area (Å²) in [5.41, 5.74) is 2.22. The van der Waals surface area contributed by atoms with Gasteiger partial charge in [-0.3, -0.25) is 0 Å². The van der Waals surface area contributed by atoms with Crippen molar-refractivity contribution in [1.82, 2.24) is 0 Å². The lowest BCUT2D eigenvalue weighted by Crippen LogP contribution is -2.22. The molecule has 0 aliphatic heterocycles. The van der Waals surface area contributed by atoms with Gasteiger partial charge in [0.25, 0.3) is 0 Å². The van der Waals surface area contributed by atoms with Crippen molar-refractivity contribution < 1.29 is 13.5 Å². The Kier molecular flexibility index (Phi) is 5.23. The van der Waals surface area contributed by atoms with Gasteiger partial charge in [-0.2, -0.15) is 8.78 Å². The number of halogens is 2. The summed E-state index contributed by atoms with van der Waals surface area (Å²) in [5, 5.41) is 0. The molecular weight excluding hydrogens is 270 g/mol. The summed E-state index contributed by atoms with van der Waals surface area (Å²) in [6.07, 6.45) is 7.04. The van der Waals surface area contributed by atoms with Crippen molar-refractivity contribution in [1.29, 1.82) is 0 Å². The van der Waals surface area contributed by atoms with Crippen LogP contribution in [0.5, 0.6) is 5.75 Å². The smallest absolute Gasteiger partial charge is 0.387 e. The number of alkyl halides is 2. The summed E-state index contributed by atoms with van der Waals surface area (Å²) >= 11 is 0. The molecule has 118 valence electrons. The van der Waals surface area contributed by atoms with Gasteiger partial charge in [0.2, 0.25) is 0 Å². The zero-order valence-electron chi connectivity index (χ0n) is 13.3. The summed E-state index contributed by atoms with van der Waals surface area (Å²) in [4.78, 5) is 0. The van der Waals surface area contributed by atoms with E-state index < -0.39 is 6.61 Å². The van der Waals surface area contributed by atoms with Gasteiger partial charge in [-0.15, -0.1) is 0 Å². The highest BCUT2D eigenvalue weighted by molar-refractivity contribution is 5.42. The Hall–Kier alpha value is -1.12. The number of hydrogen-bond donors (Lipinski definition) is 0. The molecule has 0 N–H and O–H groups in total. The summed E-state index contributed by atoms with van der Waals surface area (Å²) in [6.45, 7) is 3.44. The van der Waals surface area contributed by atoms with Crippen LogP contribution in [0.4, 0.5) is 8.78 Å². The summed E-state index contributed by atoms with van der Waals surface area (Å²) in [5.74, 6) is 0.540. The molecule has 0 bridgehead atoms. The predicted molar refractivity (Wildman–Crippen MR) is 82.2 cm³/mol. The SMILES string of the molecule is CCCC1(c2ccc(C(C)C)c(OC(F)F)c2)CCCC1. The molecule has 0 atom stereocenters. The molecule has 2 rings (SSSR count). The van der Waals surface area contributed by atoms with Crippen LogP contribution in [0.25, 0.3) is 0 Å². The fourth-order valence-corrected chi connectivity index (χ4v) is 3.75. The predicted octanol–water partition coefficient (Wildman–Crippen LogP) is 6.02. The molecule has 1 fully saturated rings. The molecule has 21 heavy (non-hydrogen) atoms. The average Bonchev–Trinajstić information content (AvgIpc) is 2.88. The van der Waals surface area contributed by atoms with E-state index in [4.69, 9.17) is 4.74 Å². The van der Waals surface area contributed by atoms with E-state index in [2.05, 4.69) is 13.0 Å². The molecule has 0 unspecified atom stereocenters. The van der Waals surface area contributed by atoms with Crippen LogP contribution in [0.1, 0.15) is 76.3 Å². The van der Waals surface area contributed by atoms with Crippen molar-refractivity contribution in [2.45, 2.75) is 77.2 Å². The highest BCUT2D eigenvalue weighted by Gasteiger charge is 2.35. The molecule has 1 nitrogen and oxygen atoms in total. The van der Waals surface area contributed by atoms with Crippen molar-refractivity contribution in [3.63, 3.8) is 0 Å². The highest BCUT2D eigenvalue weighted by atomic mass is 19.3.